The van der Waals surface area contributed by atoms with Crippen molar-refractivity contribution in [1.82, 2.24) is 4.98 Å². The molecule has 1 atom stereocenters. The fraction of sp³-hybridized carbons (Fsp3) is 0.167. The smallest absolute Gasteiger partial charge is 0.127 e. The first-order chi connectivity index (χ1) is 13.6. The van der Waals surface area contributed by atoms with Gasteiger partial charge in [-0.2, -0.15) is 0 Å². The van der Waals surface area contributed by atoms with E-state index in [1.807, 2.05) is 6.07 Å². The van der Waals surface area contributed by atoms with Crippen molar-refractivity contribution < 1.29 is 9.47 Å². The fourth-order valence-corrected chi connectivity index (χ4v) is 4.91. The van der Waals surface area contributed by atoms with Crippen molar-refractivity contribution >= 4 is 26.8 Å². The van der Waals surface area contributed by atoms with Gasteiger partial charge in [0, 0.05) is 38.6 Å². The molecule has 0 spiro atoms. The molecule has 4 heteroatoms. The normalized spacial score (nSPS) is 14.8. The van der Waals surface area contributed by atoms with E-state index in [4.69, 9.17) is 9.47 Å². The van der Waals surface area contributed by atoms with Crippen LogP contribution in [0.3, 0.4) is 0 Å². The van der Waals surface area contributed by atoms with Crippen LogP contribution in [0, 0.1) is 6.92 Å². The highest BCUT2D eigenvalue weighted by Gasteiger charge is 2.35. The highest BCUT2D eigenvalue weighted by atomic mass is 79.9. The third kappa shape index (κ3) is 2.41. The first-order valence-corrected chi connectivity index (χ1v) is 10.0. The van der Waals surface area contributed by atoms with Gasteiger partial charge in [0.15, 0.2) is 0 Å². The predicted octanol–water partition coefficient (Wildman–Crippen LogP) is 6.42. The Hall–Kier alpha value is -2.72. The maximum atomic E-state index is 5.84. The van der Waals surface area contributed by atoms with Gasteiger partial charge in [0.2, 0.25) is 0 Å². The zero-order chi connectivity index (χ0) is 19.4. The maximum Gasteiger partial charge on any atom is 0.127 e. The number of aromatic nitrogens is 1. The first kappa shape index (κ1) is 17.4. The van der Waals surface area contributed by atoms with E-state index in [2.05, 4.69) is 76.4 Å². The monoisotopic (exact) mass is 433 g/mol. The molecular weight excluding hydrogens is 414 g/mol. The number of ether oxygens (including phenoxy) is 2. The van der Waals surface area contributed by atoms with Gasteiger partial charge in [-0.15, -0.1) is 0 Å². The van der Waals surface area contributed by atoms with Gasteiger partial charge < -0.3 is 14.5 Å². The maximum absolute atomic E-state index is 5.84. The van der Waals surface area contributed by atoms with Crippen LogP contribution in [0.15, 0.2) is 59.1 Å². The molecule has 0 saturated heterocycles. The fourth-order valence-electron chi connectivity index (χ4n) is 4.55. The third-order valence-electron chi connectivity index (χ3n) is 5.71. The summed E-state index contributed by atoms with van der Waals surface area (Å²) < 4.78 is 12.5. The number of hydrogen-bond acceptors (Lipinski definition) is 2. The highest BCUT2D eigenvalue weighted by molar-refractivity contribution is 9.10. The average Bonchev–Trinajstić information content (AvgIpc) is 3.20. The van der Waals surface area contributed by atoms with E-state index in [1.165, 1.54) is 38.9 Å². The van der Waals surface area contributed by atoms with E-state index < -0.39 is 0 Å². The molecule has 0 unspecified atom stereocenters. The SMILES string of the molecule is COc1cc(OC)c2c(c1)-c1ccccc1[C@H]2c1c(C)[nH]c2ccc(Br)cc12. The number of nitrogens with one attached hydrogen (secondary N) is 1. The van der Waals surface area contributed by atoms with Crippen LogP contribution in [-0.4, -0.2) is 19.2 Å². The highest BCUT2D eigenvalue weighted by Crippen LogP contribution is 2.54. The Morgan fingerprint density at radius 2 is 1.71 bits per heavy atom. The molecule has 0 fully saturated rings. The molecule has 1 aliphatic rings. The van der Waals surface area contributed by atoms with E-state index in [0.29, 0.717) is 0 Å². The van der Waals surface area contributed by atoms with Gasteiger partial charge in [0.05, 0.1) is 14.2 Å². The standard InChI is InChI=1S/C24H20BrNO2/c1-13-22(19-10-14(25)8-9-20(19)26-13)24-17-7-5-4-6-16(17)18-11-15(27-2)12-21(28-3)23(18)24/h4-12,24,26H,1-3H3/t24-/m0/s1. The van der Waals surface area contributed by atoms with Crippen LogP contribution in [0.5, 0.6) is 11.5 Å². The molecule has 0 bridgehead atoms. The molecule has 1 aliphatic carbocycles. The van der Waals surface area contributed by atoms with Gasteiger partial charge in [-0.05, 0) is 53.4 Å². The van der Waals surface area contributed by atoms with Crippen LogP contribution >= 0.6 is 15.9 Å². The molecule has 28 heavy (non-hydrogen) atoms. The number of methoxy groups -OCH3 is 2. The second kappa shape index (κ2) is 6.42. The minimum Gasteiger partial charge on any atom is -0.497 e. The molecule has 4 aromatic rings. The molecule has 1 N–H and O–H groups in total. The number of aromatic amines is 1. The Kier molecular flexibility index (Phi) is 3.98. The summed E-state index contributed by atoms with van der Waals surface area (Å²) in [5.41, 5.74) is 8.55. The topological polar surface area (TPSA) is 34.2 Å². The van der Waals surface area contributed by atoms with Gasteiger partial charge in [-0.25, -0.2) is 0 Å². The molecule has 3 aromatic carbocycles. The number of benzene rings is 3. The summed E-state index contributed by atoms with van der Waals surface area (Å²) in [5.74, 6) is 1.78. The van der Waals surface area contributed by atoms with Crippen molar-refractivity contribution in [2.45, 2.75) is 12.8 Å². The summed E-state index contributed by atoms with van der Waals surface area (Å²) in [5, 5.41) is 1.23. The molecule has 1 aromatic heterocycles. The molecule has 5 rings (SSSR count). The predicted molar refractivity (Wildman–Crippen MR) is 117 cm³/mol. The summed E-state index contributed by atoms with van der Waals surface area (Å²) >= 11 is 3.64. The quantitative estimate of drug-likeness (QED) is 0.356. The minimum absolute atomic E-state index is 0.107. The Balaban J connectivity index is 1.88. The van der Waals surface area contributed by atoms with Crippen LogP contribution in [-0.2, 0) is 0 Å². The molecule has 0 saturated carbocycles. The zero-order valence-corrected chi connectivity index (χ0v) is 17.6. The van der Waals surface area contributed by atoms with Crippen LogP contribution in [0.4, 0.5) is 0 Å². The lowest BCUT2D eigenvalue weighted by Crippen LogP contribution is -2.03. The van der Waals surface area contributed by atoms with Crippen LogP contribution in [0.1, 0.15) is 28.3 Å². The average molecular weight is 434 g/mol. The Morgan fingerprint density at radius 1 is 0.893 bits per heavy atom. The lowest BCUT2D eigenvalue weighted by atomic mass is 9.87. The van der Waals surface area contributed by atoms with E-state index in [9.17, 15) is 0 Å². The molecule has 1 heterocycles. The second-order valence-corrected chi connectivity index (χ2v) is 8.08. The van der Waals surface area contributed by atoms with E-state index in [0.717, 1.165) is 21.5 Å². The van der Waals surface area contributed by atoms with Crippen molar-refractivity contribution in [2.75, 3.05) is 14.2 Å². The second-order valence-electron chi connectivity index (χ2n) is 7.16. The van der Waals surface area contributed by atoms with Gasteiger partial charge >= 0.3 is 0 Å². The van der Waals surface area contributed by atoms with Crippen molar-refractivity contribution in [3.63, 3.8) is 0 Å². The summed E-state index contributed by atoms with van der Waals surface area (Å²) in [7, 11) is 3.43. The third-order valence-corrected chi connectivity index (χ3v) is 6.20. The van der Waals surface area contributed by atoms with Crippen LogP contribution in [0.2, 0.25) is 0 Å². The van der Waals surface area contributed by atoms with Crippen LogP contribution < -0.4 is 9.47 Å². The van der Waals surface area contributed by atoms with Gasteiger partial charge in [-0.3, -0.25) is 0 Å². The molecule has 0 aliphatic heterocycles. The number of rotatable bonds is 3. The molecular formula is C24H20BrNO2. The van der Waals surface area contributed by atoms with E-state index in [-0.39, 0.29) is 5.92 Å². The summed E-state index contributed by atoms with van der Waals surface area (Å²) in [6.45, 7) is 2.15. The molecule has 0 radical (unpaired) electrons. The first-order valence-electron chi connectivity index (χ1n) is 9.25. The lowest BCUT2D eigenvalue weighted by molar-refractivity contribution is 0.391. The van der Waals surface area contributed by atoms with Crippen molar-refractivity contribution in [3.05, 3.63) is 81.5 Å². The van der Waals surface area contributed by atoms with Gasteiger partial charge in [0.25, 0.3) is 0 Å². The van der Waals surface area contributed by atoms with E-state index in [1.54, 1.807) is 14.2 Å². The number of fused-ring (bicyclic) bond motifs is 4. The lowest BCUT2D eigenvalue weighted by Gasteiger charge is -2.18. The Labute approximate surface area is 172 Å². The van der Waals surface area contributed by atoms with Crippen molar-refractivity contribution in [2.24, 2.45) is 0 Å². The number of aryl methyl sites for hydroxylation is 1. The van der Waals surface area contributed by atoms with Crippen molar-refractivity contribution in [3.8, 4) is 22.6 Å². The Bertz CT molecular complexity index is 1220. The number of H-pyrrole nitrogens is 1. The van der Waals surface area contributed by atoms with Crippen LogP contribution in [0.25, 0.3) is 22.0 Å². The number of halogens is 1. The largest absolute Gasteiger partial charge is 0.497 e. The summed E-state index contributed by atoms with van der Waals surface area (Å²) in [4.78, 5) is 3.57. The van der Waals surface area contributed by atoms with Gasteiger partial charge in [-0.1, -0.05) is 40.2 Å². The van der Waals surface area contributed by atoms with Gasteiger partial charge in [0.1, 0.15) is 11.5 Å². The molecule has 140 valence electrons. The van der Waals surface area contributed by atoms with E-state index >= 15 is 0 Å². The molecule has 3 nitrogen and oxygen atoms in total. The van der Waals surface area contributed by atoms with Crippen molar-refractivity contribution in [1.29, 1.82) is 0 Å². The minimum atomic E-state index is 0.107. The summed E-state index contributed by atoms with van der Waals surface area (Å²) in [6, 6.07) is 19.1. The zero-order valence-electron chi connectivity index (χ0n) is 16.0. The summed E-state index contributed by atoms with van der Waals surface area (Å²) in [6.07, 6.45) is 0. The molecule has 0 amide bonds. The number of hydrogen-bond donors (Lipinski definition) is 1. The Morgan fingerprint density at radius 3 is 2.50 bits per heavy atom.